The van der Waals surface area contributed by atoms with Crippen molar-refractivity contribution in [2.75, 3.05) is 5.75 Å². The monoisotopic (exact) mass is 293 g/mol. The summed E-state index contributed by atoms with van der Waals surface area (Å²) in [7, 11) is -3.14. The van der Waals surface area contributed by atoms with Crippen LogP contribution in [-0.4, -0.2) is 26.1 Å². The molecule has 0 fully saturated rings. The molecule has 1 aromatic carbocycles. The first-order valence-electron chi connectivity index (χ1n) is 5.73. The molecule has 1 aliphatic heterocycles. The lowest BCUT2D eigenvalue weighted by molar-refractivity contribution is 0.0948. The van der Waals surface area contributed by atoms with E-state index in [9.17, 15) is 13.2 Å². The molecule has 0 saturated heterocycles. The highest BCUT2D eigenvalue weighted by molar-refractivity contribution is 7.94. The van der Waals surface area contributed by atoms with E-state index in [1.165, 1.54) is 6.08 Å². The van der Waals surface area contributed by atoms with Gasteiger partial charge in [0.25, 0.3) is 5.91 Å². The Labute approximate surface area is 114 Å². The summed E-state index contributed by atoms with van der Waals surface area (Å²) in [5, 5.41) is 6.85. The average Bonchev–Trinajstić information content (AvgIpc) is 2.94. The molecule has 2 aromatic rings. The third-order valence-corrected chi connectivity index (χ3v) is 5.25. The van der Waals surface area contributed by atoms with Gasteiger partial charge in [-0.2, -0.15) is 0 Å². The molecular formula is C13H11NO3S2. The molecule has 3 rings (SSSR count). The number of thiophene rings is 1. The molecule has 0 radical (unpaired) electrons. The maximum atomic E-state index is 12.0. The van der Waals surface area contributed by atoms with Crippen LogP contribution in [0.4, 0.5) is 0 Å². The number of hydrogen-bond acceptors (Lipinski definition) is 4. The summed E-state index contributed by atoms with van der Waals surface area (Å²) < 4.78 is 23.6. The smallest absolute Gasteiger partial charge is 0.251 e. The molecule has 2 heterocycles. The van der Waals surface area contributed by atoms with E-state index < -0.39 is 15.9 Å². The maximum absolute atomic E-state index is 12.0. The van der Waals surface area contributed by atoms with Crippen molar-refractivity contribution in [3.05, 3.63) is 46.7 Å². The lowest BCUT2D eigenvalue weighted by Crippen LogP contribution is -2.35. The first-order chi connectivity index (χ1) is 9.03. The quantitative estimate of drug-likeness (QED) is 0.920. The summed E-state index contributed by atoms with van der Waals surface area (Å²) >= 11 is 1.62. The number of hydrogen-bond donors (Lipinski definition) is 1. The number of sulfone groups is 1. The zero-order valence-electron chi connectivity index (χ0n) is 9.87. The van der Waals surface area contributed by atoms with Gasteiger partial charge in [-0.1, -0.05) is 0 Å². The standard InChI is InChI=1S/C13H11NO3S2/c15-13(14-11-4-6-19(16,17)8-11)10-1-2-12-9(7-10)3-5-18-12/h1-7,11H,8H2,(H,14,15)/t11-/m1/s1. The molecule has 1 atom stereocenters. The first kappa shape index (κ1) is 12.4. The van der Waals surface area contributed by atoms with Gasteiger partial charge >= 0.3 is 0 Å². The fourth-order valence-electron chi connectivity index (χ4n) is 2.03. The number of nitrogens with one attached hydrogen (secondary N) is 1. The molecule has 19 heavy (non-hydrogen) atoms. The number of carbonyl (C=O) groups is 1. The van der Waals surface area contributed by atoms with Gasteiger partial charge in [0.15, 0.2) is 9.84 Å². The van der Waals surface area contributed by atoms with Crippen molar-refractivity contribution in [2.45, 2.75) is 6.04 Å². The van der Waals surface area contributed by atoms with Gasteiger partial charge in [0, 0.05) is 15.7 Å². The van der Waals surface area contributed by atoms with Crippen LogP contribution in [0, 0.1) is 0 Å². The van der Waals surface area contributed by atoms with Gasteiger partial charge in [-0.25, -0.2) is 8.42 Å². The molecule has 1 N–H and O–H groups in total. The summed E-state index contributed by atoms with van der Waals surface area (Å²) in [6.07, 6.45) is 1.51. The molecule has 0 aliphatic carbocycles. The zero-order valence-corrected chi connectivity index (χ0v) is 11.5. The highest BCUT2D eigenvalue weighted by Gasteiger charge is 2.23. The molecule has 0 bridgehead atoms. The average molecular weight is 293 g/mol. The normalized spacial score (nSPS) is 20.7. The third-order valence-electron chi connectivity index (χ3n) is 2.96. The Morgan fingerprint density at radius 1 is 1.32 bits per heavy atom. The summed E-state index contributed by atoms with van der Waals surface area (Å²) in [4.78, 5) is 12.0. The van der Waals surface area contributed by atoms with Crippen LogP contribution in [0.3, 0.4) is 0 Å². The van der Waals surface area contributed by atoms with E-state index in [4.69, 9.17) is 0 Å². The fraction of sp³-hybridized carbons (Fsp3) is 0.154. The Morgan fingerprint density at radius 3 is 2.89 bits per heavy atom. The number of fused-ring (bicyclic) bond motifs is 1. The molecule has 0 spiro atoms. The van der Waals surface area contributed by atoms with Crippen LogP contribution < -0.4 is 5.32 Å². The van der Waals surface area contributed by atoms with Crippen molar-refractivity contribution < 1.29 is 13.2 Å². The Kier molecular flexibility index (Phi) is 2.91. The molecule has 1 aliphatic rings. The second kappa shape index (κ2) is 4.47. The molecule has 6 heteroatoms. The summed E-state index contributed by atoms with van der Waals surface area (Å²) in [6.45, 7) is 0. The van der Waals surface area contributed by atoms with E-state index in [1.807, 2.05) is 23.6 Å². The lowest BCUT2D eigenvalue weighted by atomic mass is 10.1. The first-order valence-corrected chi connectivity index (χ1v) is 8.32. The van der Waals surface area contributed by atoms with Gasteiger partial charge in [-0.3, -0.25) is 4.79 Å². The van der Waals surface area contributed by atoms with Crippen LogP contribution in [-0.2, 0) is 9.84 Å². The minimum Gasteiger partial charge on any atom is -0.345 e. The Morgan fingerprint density at radius 2 is 2.16 bits per heavy atom. The number of carbonyl (C=O) groups excluding carboxylic acids is 1. The van der Waals surface area contributed by atoms with Crippen LogP contribution in [0.2, 0.25) is 0 Å². The van der Waals surface area contributed by atoms with E-state index in [0.717, 1.165) is 15.5 Å². The third kappa shape index (κ3) is 2.54. The van der Waals surface area contributed by atoms with Crippen molar-refractivity contribution in [3.63, 3.8) is 0 Å². The van der Waals surface area contributed by atoms with E-state index in [2.05, 4.69) is 5.32 Å². The molecule has 0 saturated carbocycles. The number of amides is 1. The second-order valence-corrected chi connectivity index (χ2v) is 7.29. The Hall–Kier alpha value is -1.66. The number of rotatable bonds is 2. The molecule has 1 aromatic heterocycles. The van der Waals surface area contributed by atoms with Crippen LogP contribution in [0.25, 0.3) is 10.1 Å². The van der Waals surface area contributed by atoms with Crippen molar-refractivity contribution in [1.29, 1.82) is 0 Å². The van der Waals surface area contributed by atoms with Crippen molar-refractivity contribution in [2.24, 2.45) is 0 Å². The van der Waals surface area contributed by atoms with Gasteiger partial charge < -0.3 is 5.32 Å². The minimum atomic E-state index is -3.14. The fourth-order valence-corrected chi connectivity index (χ4v) is 4.03. The molecule has 98 valence electrons. The predicted octanol–water partition coefficient (Wildman–Crippen LogP) is 1.94. The van der Waals surface area contributed by atoms with Crippen LogP contribution >= 0.6 is 11.3 Å². The van der Waals surface area contributed by atoms with Gasteiger partial charge in [0.2, 0.25) is 0 Å². The van der Waals surface area contributed by atoms with Crippen LogP contribution in [0.15, 0.2) is 41.1 Å². The SMILES string of the molecule is O=C(N[C@@H]1C=CS(=O)(=O)C1)c1ccc2sccc2c1. The summed E-state index contributed by atoms with van der Waals surface area (Å²) in [6, 6.07) is 6.98. The van der Waals surface area contributed by atoms with E-state index in [1.54, 1.807) is 17.4 Å². The number of benzene rings is 1. The largest absolute Gasteiger partial charge is 0.345 e. The van der Waals surface area contributed by atoms with Crippen LogP contribution in [0.5, 0.6) is 0 Å². The Balaban J connectivity index is 1.79. The van der Waals surface area contributed by atoms with Gasteiger partial charge in [0.05, 0.1) is 11.8 Å². The predicted molar refractivity (Wildman–Crippen MR) is 76.0 cm³/mol. The summed E-state index contributed by atoms with van der Waals surface area (Å²) in [5.74, 6) is -0.306. The molecular weight excluding hydrogens is 282 g/mol. The second-order valence-electron chi connectivity index (χ2n) is 4.41. The lowest BCUT2D eigenvalue weighted by Gasteiger charge is -2.09. The Bertz CT molecular complexity index is 774. The van der Waals surface area contributed by atoms with Crippen molar-refractivity contribution in [1.82, 2.24) is 5.32 Å². The van der Waals surface area contributed by atoms with Crippen molar-refractivity contribution >= 4 is 37.2 Å². The highest BCUT2D eigenvalue weighted by atomic mass is 32.2. The minimum absolute atomic E-state index is 0.0561. The van der Waals surface area contributed by atoms with Gasteiger partial charge in [-0.05, 0) is 41.1 Å². The van der Waals surface area contributed by atoms with Crippen molar-refractivity contribution in [3.8, 4) is 0 Å². The maximum Gasteiger partial charge on any atom is 0.251 e. The molecule has 0 unspecified atom stereocenters. The molecule has 4 nitrogen and oxygen atoms in total. The van der Waals surface area contributed by atoms with E-state index >= 15 is 0 Å². The molecule has 1 amide bonds. The zero-order chi connectivity index (χ0) is 13.5. The van der Waals surface area contributed by atoms with Crippen LogP contribution in [0.1, 0.15) is 10.4 Å². The topological polar surface area (TPSA) is 63.2 Å². The van der Waals surface area contributed by atoms with Gasteiger partial charge in [0.1, 0.15) is 0 Å². The van der Waals surface area contributed by atoms with E-state index in [-0.39, 0.29) is 11.7 Å². The summed E-state index contributed by atoms with van der Waals surface area (Å²) in [5.41, 5.74) is 0.545. The van der Waals surface area contributed by atoms with E-state index in [0.29, 0.717) is 5.56 Å². The van der Waals surface area contributed by atoms with Gasteiger partial charge in [-0.15, -0.1) is 11.3 Å². The highest BCUT2D eigenvalue weighted by Crippen LogP contribution is 2.21.